The van der Waals surface area contributed by atoms with Crippen LogP contribution in [-0.4, -0.2) is 5.11 Å². The molecular weight excluding hydrogens is 424 g/mol. The summed E-state index contributed by atoms with van der Waals surface area (Å²) in [6.07, 6.45) is 12.2. The predicted octanol–water partition coefficient (Wildman–Crippen LogP) is 9.87. The standard InChI is InChI=1S/C26H28OS3/c1-2-3-4-5-6-7-8-9-10-17-15-20-22(28-17)13-11-18-19-12-14-23-21(16-24(27)29-23)26(19)30-25(18)20/h11-16,27H,2-10H2,1H3. The third kappa shape index (κ3) is 3.86. The average molecular weight is 453 g/mol. The number of thiophene rings is 3. The molecule has 4 heteroatoms. The largest absolute Gasteiger partial charge is 0.499 e. The Morgan fingerprint density at radius 1 is 0.633 bits per heavy atom. The number of hydrogen-bond acceptors (Lipinski definition) is 4. The first kappa shape index (κ1) is 20.3. The normalized spacial score (nSPS) is 12.2. The number of aryl methyl sites for hydroxylation is 1. The van der Waals surface area contributed by atoms with Gasteiger partial charge in [0.05, 0.1) is 0 Å². The van der Waals surface area contributed by atoms with E-state index in [1.165, 1.54) is 114 Å². The Bertz CT molecular complexity index is 1300. The third-order valence-corrected chi connectivity index (χ3v) is 9.46. The number of benzene rings is 2. The molecule has 0 saturated heterocycles. The van der Waals surface area contributed by atoms with Gasteiger partial charge in [-0.25, -0.2) is 0 Å². The highest BCUT2D eigenvalue weighted by Gasteiger charge is 2.14. The van der Waals surface area contributed by atoms with Crippen LogP contribution in [0, 0.1) is 0 Å². The molecule has 2 aromatic carbocycles. The van der Waals surface area contributed by atoms with Gasteiger partial charge in [0.25, 0.3) is 0 Å². The smallest absolute Gasteiger partial charge is 0.172 e. The van der Waals surface area contributed by atoms with Crippen molar-refractivity contribution in [2.75, 3.05) is 0 Å². The summed E-state index contributed by atoms with van der Waals surface area (Å²) in [6.45, 7) is 2.28. The fourth-order valence-electron chi connectivity index (χ4n) is 4.51. The van der Waals surface area contributed by atoms with Crippen LogP contribution in [0.1, 0.15) is 63.2 Å². The molecule has 0 fully saturated rings. The van der Waals surface area contributed by atoms with E-state index >= 15 is 0 Å². The van der Waals surface area contributed by atoms with E-state index in [-0.39, 0.29) is 0 Å². The molecule has 156 valence electrons. The summed E-state index contributed by atoms with van der Waals surface area (Å²) in [5, 5.41) is 15.7. The van der Waals surface area contributed by atoms with Crippen LogP contribution in [0.4, 0.5) is 0 Å². The number of rotatable bonds is 9. The van der Waals surface area contributed by atoms with Crippen LogP contribution < -0.4 is 0 Å². The van der Waals surface area contributed by atoms with Gasteiger partial charge in [-0.2, -0.15) is 0 Å². The Kier molecular flexibility index (Phi) is 5.99. The minimum absolute atomic E-state index is 0.406. The highest BCUT2D eigenvalue weighted by atomic mass is 32.1. The third-order valence-electron chi connectivity index (χ3n) is 6.11. The molecule has 1 nitrogen and oxygen atoms in total. The first-order chi connectivity index (χ1) is 14.7. The van der Waals surface area contributed by atoms with Crippen LogP contribution in [0.25, 0.3) is 40.3 Å². The zero-order valence-electron chi connectivity index (χ0n) is 17.5. The van der Waals surface area contributed by atoms with Gasteiger partial charge in [0.2, 0.25) is 0 Å². The van der Waals surface area contributed by atoms with E-state index in [1.54, 1.807) is 0 Å². The number of fused-ring (bicyclic) bond motifs is 7. The fraction of sp³-hybridized carbons (Fsp3) is 0.385. The van der Waals surface area contributed by atoms with Crippen LogP contribution in [0.3, 0.4) is 0 Å². The predicted molar refractivity (Wildman–Crippen MR) is 138 cm³/mol. The highest BCUT2D eigenvalue weighted by molar-refractivity contribution is 7.29. The molecule has 30 heavy (non-hydrogen) atoms. The summed E-state index contributed by atoms with van der Waals surface area (Å²) >= 11 is 5.33. The fourth-order valence-corrected chi connectivity index (χ4v) is 7.90. The Morgan fingerprint density at radius 2 is 1.23 bits per heavy atom. The quantitative estimate of drug-likeness (QED) is 0.221. The highest BCUT2D eigenvalue weighted by Crippen LogP contribution is 2.45. The lowest BCUT2D eigenvalue weighted by Crippen LogP contribution is -1.83. The number of unbranched alkanes of at least 4 members (excludes halogenated alkanes) is 7. The summed E-state index contributed by atoms with van der Waals surface area (Å²) in [6, 6.07) is 13.4. The van der Waals surface area contributed by atoms with Crippen molar-refractivity contribution < 1.29 is 5.11 Å². The van der Waals surface area contributed by atoms with E-state index in [0.29, 0.717) is 5.06 Å². The van der Waals surface area contributed by atoms with E-state index < -0.39 is 0 Å². The molecule has 0 bridgehead atoms. The summed E-state index contributed by atoms with van der Waals surface area (Å²) in [4.78, 5) is 1.53. The van der Waals surface area contributed by atoms with Crippen molar-refractivity contribution in [2.45, 2.75) is 64.7 Å². The van der Waals surface area contributed by atoms with Gasteiger partial charge in [-0.05, 0) is 31.0 Å². The zero-order chi connectivity index (χ0) is 20.5. The topological polar surface area (TPSA) is 20.2 Å². The molecule has 0 spiro atoms. The van der Waals surface area contributed by atoms with Crippen LogP contribution in [0.5, 0.6) is 5.06 Å². The summed E-state index contributed by atoms with van der Waals surface area (Å²) < 4.78 is 5.29. The molecule has 5 rings (SSSR count). The summed E-state index contributed by atoms with van der Waals surface area (Å²) in [5.41, 5.74) is 0. The molecule has 0 unspecified atom stereocenters. The Labute approximate surface area is 190 Å². The second kappa shape index (κ2) is 8.86. The molecule has 0 atom stereocenters. The van der Waals surface area contributed by atoms with Gasteiger partial charge in [0, 0.05) is 51.3 Å². The van der Waals surface area contributed by atoms with Crippen molar-refractivity contribution in [2.24, 2.45) is 0 Å². The molecule has 3 aromatic heterocycles. The molecular formula is C26H28OS3. The van der Waals surface area contributed by atoms with Gasteiger partial charge in [0.15, 0.2) is 5.06 Å². The number of aromatic hydroxyl groups is 1. The van der Waals surface area contributed by atoms with Gasteiger partial charge in [-0.15, -0.1) is 22.7 Å². The molecule has 0 aliphatic rings. The zero-order valence-corrected chi connectivity index (χ0v) is 19.9. The van der Waals surface area contributed by atoms with E-state index in [2.05, 4.69) is 37.3 Å². The Morgan fingerprint density at radius 3 is 1.93 bits per heavy atom. The first-order valence-electron chi connectivity index (χ1n) is 11.2. The Hall–Kier alpha value is -1.62. The van der Waals surface area contributed by atoms with Gasteiger partial charge < -0.3 is 5.11 Å². The monoisotopic (exact) mass is 452 g/mol. The molecule has 0 aliphatic carbocycles. The molecule has 0 aliphatic heterocycles. The van der Waals surface area contributed by atoms with Crippen molar-refractivity contribution in [3.05, 3.63) is 41.3 Å². The van der Waals surface area contributed by atoms with Crippen molar-refractivity contribution in [3.63, 3.8) is 0 Å². The lowest BCUT2D eigenvalue weighted by atomic mass is 10.1. The second-order valence-corrected chi connectivity index (χ2v) is 11.6. The van der Waals surface area contributed by atoms with E-state index in [0.717, 1.165) is 0 Å². The summed E-state index contributed by atoms with van der Waals surface area (Å²) in [7, 11) is 0. The van der Waals surface area contributed by atoms with Crippen LogP contribution >= 0.6 is 34.0 Å². The van der Waals surface area contributed by atoms with E-state index in [9.17, 15) is 5.11 Å². The van der Waals surface area contributed by atoms with E-state index in [4.69, 9.17) is 0 Å². The van der Waals surface area contributed by atoms with Crippen LogP contribution in [0.2, 0.25) is 0 Å². The first-order valence-corrected chi connectivity index (χ1v) is 13.7. The van der Waals surface area contributed by atoms with Gasteiger partial charge >= 0.3 is 0 Å². The molecule has 3 heterocycles. The van der Waals surface area contributed by atoms with Crippen LogP contribution in [-0.2, 0) is 6.42 Å². The number of hydrogen-bond donors (Lipinski definition) is 1. The molecule has 5 aromatic rings. The maximum Gasteiger partial charge on any atom is 0.172 e. The minimum atomic E-state index is 0.406. The lowest BCUT2D eigenvalue weighted by Gasteiger charge is -2.00. The van der Waals surface area contributed by atoms with E-state index in [1.807, 2.05) is 28.7 Å². The summed E-state index contributed by atoms with van der Waals surface area (Å²) in [5.74, 6) is 0. The SMILES string of the molecule is CCCCCCCCCCc1cc2c(ccc3c4ccc5sc(O)cc5c4sc23)s1. The van der Waals surface area contributed by atoms with Crippen molar-refractivity contribution >= 4 is 74.4 Å². The molecule has 0 amide bonds. The Balaban J connectivity index is 1.36. The lowest BCUT2D eigenvalue weighted by molar-refractivity contribution is 0.491. The van der Waals surface area contributed by atoms with Gasteiger partial charge in [-0.1, -0.05) is 75.3 Å². The van der Waals surface area contributed by atoms with Crippen molar-refractivity contribution in [1.82, 2.24) is 0 Å². The van der Waals surface area contributed by atoms with Gasteiger partial charge in [-0.3, -0.25) is 0 Å². The van der Waals surface area contributed by atoms with Crippen molar-refractivity contribution in [1.29, 1.82) is 0 Å². The van der Waals surface area contributed by atoms with Crippen molar-refractivity contribution in [3.8, 4) is 5.06 Å². The molecule has 0 radical (unpaired) electrons. The van der Waals surface area contributed by atoms with Crippen LogP contribution in [0.15, 0.2) is 36.4 Å². The van der Waals surface area contributed by atoms with Gasteiger partial charge in [0.1, 0.15) is 0 Å². The average Bonchev–Trinajstić information content (AvgIpc) is 3.42. The molecule has 1 N–H and O–H groups in total. The molecule has 0 saturated carbocycles. The minimum Gasteiger partial charge on any atom is -0.499 e. The maximum atomic E-state index is 9.96. The second-order valence-electron chi connectivity index (χ2n) is 8.33. The maximum absolute atomic E-state index is 9.96.